The Bertz CT molecular complexity index is 668. The fourth-order valence-corrected chi connectivity index (χ4v) is 2.15. The summed E-state index contributed by atoms with van der Waals surface area (Å²) >= 11 is 23.6. The lowest BCUT2D eigenvalue weighted by atomic mass is 10.3. The molecule has 0 fully saturated rings. The predicted molar refractivity (Wildman–Crippen MR) is 89.3 cm³/mol. The van der Waals surface area contributed by atoms with Gasteiger partial charge in [0.25, 0.3) is 0 Å². The van der Waals surface area contributed by atoms with Crippen molar-refractivity contribution in [2.24, 2.45) is 4.99 Å². The molecule has 6 heteroatoms. The van der Waals surface area contributed by atoms with E-state index in [0.717, 1.165) is 5.69 Å². The Morgan fingerprint density at radius 2 is 1.45 bits per heavy atom. The number of halogens is 4. The normalized spacial score (nSPS) is 11.6. The molecule has 0 amide bonds. The quantitative estimate of drug-likeness (QED) is 0.489. The van der Waals surface area contributed by atoms with Crippen molar-refractivity contribution in [3.63, 3.8) is 0 Å². The van der Waals surface area contributed by atoms with Gasteiger partial charge in [-0.05, 0) is 43.3 Å². The first-order valence-electron chi connectivity index (χ1n) is 5.68. The molecular weight excluding hydrogens is 338 g/mol. The van der Waals surface area contributed by atoms with Gasteiger partial charge in [-0.1, -0.05) is 46.4 Å². The van der Waals surface area contributed by atoms with Crippen LogP contribution in [0, 0.1) is 0 Å². The Labute approximate surface area is 137 Å². The summed E-state index contributed by atoms with van der Waals surface area (Å²) in [4.78, 5) is 4.39. The molecule has 104 valence electrons. The van der Waals surface area contributed by atoms with E-state index in [1.807, 2.05) is 13.0 Å². The molecular formula is C14H10Cl4N2. The SMILES string of the molecule is CC(=Nc1ccc(Cl)c(Cl)c1)Nc1ccc(Cl)c(Cl)c1. The van der Waals surface area contributed by atoms with Gasteiger partial charge in [0, 0.05) is 5.69 Å². The van der Waals surface area contributed by atoms with Crippen LogP contribution >= 0.6 is 46.4 Å². The van der Waals surface area contributed by atoms with E-state index >= 15 is 0 Å². The average Bonchev–Trinajstić information content (AvgIpc) is 2.38. The topological polar surface area (TPSA) is 24.4 Å². The maximum absolute atomic E-state index is 5.95. The fourth-order valence-electron chi connectivity index (χ4n) is 1.56. The van der Waals surface area contributed by atoms with Gasteiger partial charge >= 0.3 is 0 Å². The highest BCUT2D eigenvalue weighted by molar-refractivity contribution is 6.42. The molecule has 2 aromatic carbocycles. The van der Waals surface area contributed by atoms with Crippen molar-refractivity contribution in [1.29, 1.82) is 0 Å². The summed E-state index contributed by atoms with van der Waals surface area (Å²) in [5.41, 5.74) is 1.52. The Kier molecular flexibility index (Phi) is 5.17. The Morgan fingerprint density at radius 1 is 0.850 bits per heavy atom. The second-order valence-electron chi connectivity index (χ2n) is 4.05. The predicted octanol–water partition coefficient (Wildman–Crippen LogP) is 6.46. The molecule has 2 rings (SSSR count). The van der Waals surface area contributed by atoms with Crippen LogP contribution in [0.1, 0.15) is 6.92 Å². The zero-order valence-electron chi connectivity index (χ0n) is 10.4. The summed E-state index contributed by atoms with van der Waals surface area (Å²) in [5, 5.41) is 5.09. The molecule has 0 unspecified atom stereocenters. The van der Waals surface area contributed by atoms with Crippen molar-refractivity contribution in [2.75, 3.05) is 5.32 Å². The third kappa shape index (κ3) is 4.03. The molecule has 0 radical (unpaired) electrons. The van der Waals surface area contributed by atoms with Crippen LogP contribution in [-0.2, 0) is 0 Å². The van der Waals surface area contributed by atoms with Crippen LogP contribution in [0.15, 0.2) is 41.4 Å². The number of aliphatic imine (C=N–C) groups is 1. The Morgan fingerprint density at radius 3 is 2.05 bits per heavy atom. The van der Waals surface area contributed by atoms with Crippen LogP contribution in [-0.4, -0.2) is 5.84 Å². The van der Waals surface area contributed by atoms with E-state index in [9.17, 15) is 0 Å². The van der Waals surface area contributed by atoms with Crippen molar-refractivity contribution in [3.05, 3.63) is 56.5 Å². The maximum atomic E-state index is 5.95. The van der Waals surface area contributed by atoms with Crippen LogP contribution in [0.2, 0.25) is 20.1 Å². The monoisotopic (exact) mass is 346 g/mol. The summed E-state index contributed by atoms with van der Waals surface area (Å²) in [6, 6.07) is 10.5. The van der Waals surface area contributed by atoms with Gasteiger partial charge in [0.2, 0.25) is 0 Å². The average molecular weight is 348 g/mol. The van der Waals surface area contributed by atoms with Crippen molar-refractivity contribution < 1.29 is 0 Å². The zero-order chi connectivity index (χ0) is 14.7. The maximum Gasteiger partial charge on any atom is 0.103 e. The molecule has 0 spiro atoms. The van der Waals surface area contributed by atoms with Crippen LogP contribution in [0.3, 0.4) is 0 Å². The highest BCUT2D eigenvalue weighted by Crippen LogP contribution is 2.27. The Hall–Kier alpha value is -0.930. The smallest absolute Gasteiger partial charge is 0.103 e. The molecule has 0 saturated heterocycles. The van der Waals surface area contributed by atoms with E-state index in [-0.39, 0.29) is 0 Å². The van der Waals surface area contributed by atoms with Crippen LogP contribution in [0.4, 0.5) is 11.4 Å². The first-order chi connectivity index (χ1) is 9.45. The summed E-state index contributed by atoms with van der Waals surface area (Å²) in [6.07, 6.45) is 0. The molecule has 0 heterocycles. The molecule has 20 heavy (non-hydrogen) atoms. The molecule has 2 aromatic rings. The summed E-state index contributed by atoms with van der Waals surface area (Å²) in [5.74, 6) is 0.696. The third-order valence-electron chi connectivity index (χ3n) is 2.44. The van der Waals surface area contributed by atoms with E-state index in [0.29, 0.717) is 31.6 Å². The number of nitrogens with one attached hydrogen (secondary N) is 1. The number of nitrogens with zero attached hydrogens (tertiary/aromatic N) is 1. The van der Waals surface area contributed by atoms with E-state index in [2.05, 4.69) is 10.3 Å². The standard InChI is InChI=1S/C14H10Cl4N2/c1-8(19-9-2-4-11(15)13(17)6-9)20-10-3-5-12(16)14(18)7-10/h2-7H,1H3,(H,19,20). The van der Waals surface area contributed by atoms with Crippen molar-refractivity contribution in [1.82, 2.24) is 0 Å². The number of hydrogen-bond acceptors (Lipinski definition) is 1. The molecule has 0 aliphatic rings. The molecule has 0 bridgehead atoms. The van der Waals surface area contributed by atoms with Crippen LogP contribution in [0.25, 0.3) is 0 Å². The van der Waals surface area contributed by atoms with Gasteiger partial charge in [0.15, 0.2) is 0 Å². The van der Waals surface area contributed by atoms with Gasteiger partial charge in [0.05, 0.1) is 25.8 Å². The number of amidine groups is 1. The molecule has 0 atom stereocenters. The van der Waals surface area contributed by atoms with Crippen molar-refractivity contribution >= 4 is 63.6 Å². The minimum absolute atomic E-state index is 0.468. The van der Waals surface area contributed by atoms with Crippen molar-refractivity contribution in [3.8, 4) is 0 Å². The highest BCUT2D eigenvalue weighted by atomic mass is 35.5. The molecule has 2 nitrogen and oxygen atoms in total. The van der Waals surface area contributed by atoms with Crippen LogP contribution < -0.4 is 5.32 Å². The highest BCUT2D eigenvalue weighted by Gasteiger charge is 2.02. The first kappa shape index (κ1) is 15.5. The molecule has 1 N–H and O–H groups in total. The van der Waals surface area contributed by atoms with E-state index in [4.69, 9.17) is 46.4 Å². The van der Waals surface area contributed by atoms with Gasteiger partial charge in [-0.15, -0.1) is 0 Å². The van der Waals surface area contributed by atoms with Crippen LogP contribution in [0.5, 0.6) is 0 Å². The number of hydrogen-bond donors (Lipinski definition) is 1. The second kappa shape index (κ2) is 6.68. The summed E-state index contributed by atoms with van der Waals surface area (Å²) in [7, 11) is 0. The lowest BCUT2D eigenvalue weighted by molar-refractivity contribution is 1.46. The lowest BCUT2D eigenvalue weighted by Crippen LogP contribution is -2.06. The van der Waals surface area contributed by atoms with Gasteiger partial charge in [-0.2, -0.15) is 0 Å². The van der Waals surface area contributed by atoms with E-state index in [1.54, 1.807) is 30.3 Å². The largest absolute Gasteiger partial charge is 0.344 e. The first-order valence-corrected chi connectivity index (χ1v) is 7.19. The summed E-state index contributed by atoms with van der Waals surface area (Å²) < 4.78 is 0. The number of anilines is 1. The number of benzene rings is 2. The minimum Gasteiger partial charge on any atom is -0.344 e. The van der Waals surface area contributed by atoms with E-state index < -0.39 is 0 Å². The fraction of sp³-hybridized carbons (Fsp3) is 0.0714. The van der Waals surface area contributed by atoms with Gasteiger partial charge in [0.1, 0.15) is 5.84 Å². The van der Waals surface area contributed by atoms with E-state index in [1.165, 1.54) is 0 Å². The second-order valence-corrected chi connectivity index (χ2v) is 5.68. The molecule has 0 aromatic heterocycles. The van der Waals surface area contributed by atoms with Crippen molar-refractivity contribution in [2.45, 2.75) is 6.92 Å². The molecule has 0 aliphatic carbocycles. The van der Waals surface area contributed by atoms with Gasteiger partial charge in [-0.3, -0.25) is 0 Å². The third-order valence-corrected chi connectivity index (χ3v) is 3.92. The minimum atomic E-state index is 0.468. The van der Waals surface area contributed by atoms with Gasteiger partial charge in [-0.25, -0.2) is 4.99 Å². The molecule has 0 saturated carbocycles. The number of rotatable bonds is 2. The molecule has 0 aliphatic heterocycles. The lowest BCUT2D eigenvalue weighted by Gasteiger charge is -2.07. The zero-order valence-corrected chi connectivity index (χ0v) is 13.4. The Balaban J connectivity index is 2.17. The van der Waals surface area contributed by atoms with Gasteiger partial charge < -0.3 is 5.32 Å². The summed E-state index contributed by atoms with van der Waals surface area (Å²) in [6.45, 7) is 1.84.